The van der Waals surface area contributed by atoms with Crippen molar-refractivity contribution < 1.29 is 19.4 Å². The average Bonchev–Trinajstić information content (AvgIpc) is 3.17. The van der Waals surface area contributed by atoms with E-state index in [2.05, 4.69) is 10.3 Å². The highest BCUT2D eigenvalue weighted by Crippen LogP contribution is 2.24. The normalized spacial score (nSPS) is 11.6. The van der Waals surface area contributed by atoms with Crippen LogP contribution >= 0.6 is 11.3 Å². The number of aliphatic hydroxyl groups is 1. The van der Waals surface area contributed by atoms with Crippen molar-refractivity contribution in [1.82, 2.24) is 4.98 Å². The third-order valence-electron chi connectivity index (χ3n) is 3.83. The SMILES string of the molecule is C[C@@H](OC(=O)c1ccc(CO)cc1)C(=O)Nc1nc(-c2ccccc2)cs1. The molecular formula is C20H18N2O4S. The number of thiazole rings is 1. The van der Waals surface area contributed by atoms with Crippen molar-refractivity contribution in [1.29, 1.82) is 0 Å². The Balaban J connectivity index is 1.59. The van der Waals surface area contributed by atoms with Crippen LogP contribution < -0.4 is 5.32 Å². The molecule has 3 rings (SSSR count). The van der Waals surface area contributed by atoms with E-state index < -0.39 is 18.0 Å². The van der Waals surface area contributed by atoms with Crippen LogP contribution in [-0.2, 0) is 16.1 Å². The third-order valence-corrected chi connectivity index (χ3v) is 4.59. The molecule has 3 aromatic rings. The molecule has 0 aliphatic heterocycles. The maximum atomic E-state index is 12.3. The Morgan fingerprint density at radius 2 is 1.85 bits per heavy atom. The molecule has 0 fully saturated rings. The lowest BCUT2D eigenvalue weighted by Gasteiger charge is -2.12. The molecule has 0 saturated heterocycles. The number of nitrogens with one attached hydrogen (secondary N) is 1. The van der Waals surface area contributed by atoms with E-state index in [0.717, 1.165) is 11.3 Å². The number of esters is 1. The first-order valence-electron chi connectivity index (χ1n) is 8.29. The number of carbonyl (C=O) groups excluding carboxylic acids is 2. The zero-order valence-corrected chi connectivity index (χ0v) is 15.4. The van der Waals surface area contributed by atoms with E-state index in [4.69, 9.17) is 9.84 Å². The van der Waals surface area contributed by atoms with Crippen LogP contribution in [-0.4, -0.2) is 28.1 Å². The number of nitrogens with zero attached hydrogens (tertiary/aromatic N) is 1. The summed E-state index contributed by atoms with van der Waals surface area (Å²) in [6, 6.07) is 16.0. The van der Waals surface area contributed by atoms with Gasteiger partial charge in [-0.25, -0.2) is 9.78 Å². The summed E-state index contributed by atoms with van der Waals surface area (Å²) in [6.45, 7) is 1.40. The Bertz CT molecular complexity index is 923. The Hall–Kier alpha value is -3.03. The Labute approximate surface area is 160 Å². The maximum absolute atomic E-state index is 12.3. The first-order chi connectivity index (χ1) is 13.1. The number of aromatic nitrogens is 1. The minimum absolute atomic E-state index is 0.104. The van der Waals surface area contributed by atoms with Gasteiger partial charge in [0.2, 0.25) is 0 Å². The highest BCUT2D eigenvalue weighted by Gasteiger charge is 2.20. The summed E-state index contributed by atoms with van der Waals surface area (Å²) < 4.78 is 5.20. The van der Waals surface area contributed by atoms with Crippen molar-refractivity contribution in [2.45, 2.75) is 19.6 Å². The molecule has 2 aromatic carbocycles. The standard InChI is InChI=1S/C20H18N2O4S/c1-13(26-19(25)16-9-7-14(11-23)8-10-16)18(24)22-20-21-17(12-27-20)15-5-3-2-4-6-15/h2-10,12-13,23H,11H2,1H3,(H,21,22,24)/t13-/m1/s1. The molecule has 7 heteroatoms. The van der Waals surface area contributed by atoms with Gasteiger partial charge in [0.05, 0.1) is 17.9 Å². The molecule has 6 nitrogen and oxygen atoms in total. The molecule has 1 amide bonds. The number of hydrogen-bond acceptors (Lipinski definition) is 6. The van der Waals surface area contributed by atoms with E-state index in [1.165, 1.54) is 18.3 Å². The van der Waals surface area contributed by atoms with Crippen LogP contribution in [0.4, 0.5) is 5.13 Å². The van der Waals surface area contributed by atoms with Crippen LogP contribution in [0, 0.1) is 0 Å². The molecule has 0 bridgehead atoms. The second-order valence-corrected chi connectivity index (χ2v) is 6.65. The Morgan fingerprint density at radius 3 is 2.52 bits per heavy atom. The molecule has 0 aliphatic rings. The molecule has 1 atom stereocenters. The molecule has 0 aliphatic carbocycles. The summed E-state index contributed by atoms with van der Waals surface area (Å²) >= 11 is 1.30. The molecule has 2 N–H and O–H groups in total. The lowest BCUT2D eigenvalue weighted by Crippen LogP contribution is -2.30. The lowest BCUT2D eigenvalue weighted by atomic mass is 10.1. The highest BCUT2D eigenvalue weighted by atomic mass is 32.1. The summed E-state index contributed by atoms with van der Waals surface area (Å²) in [7, 11) is 0. The topological polar surface area (TPSA) is 88.5 Å². The second-order valence-electron chi connectivity index (χ2n) is 5.80. The fourth-order valence-corrected chi connectivity index (χ4v) is 3.03. The lowest BCUT2D eigenvalue weighted by molar-refractivity contribution is -0.123. The van der Waals surface area contributed by atoms with Gasteiger partial charge in [-0.05, 0) is 24.6 Å². The van der Waals surface area contributed by atoms with E-state index in [-0.39, 0.29) is 6.61 Å². The van der Waals surface area contributed by atoms with E-state index in [0.29, 0.717) is 16.3 Å². The number of ether oxygens (including phenoxy) is 1. The van der Waals surface area contributed by atoms with Crippen LogP contribution in [0.3, 0.4) is 0 Å². The van der Waals surface area contributed by atoms with Crippen molar-refractivity contribution in [2.75, 3.05) is 5.32 Å². The highest BCUT2D eigenvalue weighted by molar-refractivity contribution is 7.14. The van der Waals surface area contributed by atoms with Crippen LogP contribution in [0.1, 0.15) is 22.8 Å². The second kappa shape index (κ2) is 8.57. The minimum Gasteiger partial charge on any atom is -0.449 e. The molecule has 0 saturated carbocycles. The van der Waals surface area contributed by atoms with Gasteiger partial charge in [-0.3, -0.25) is 10.1 Å². The zero-order valence-electron chi connectivity index (χ0n) is 14.6. The summed E-state index contributed by atoms with van der Waals surface area (Å²) in [5, 5.41) is 14.0. The van der Waals surface area contributed by atoms with Crippen molar-refractivity contribution in [3.8, 4) is 11.3 Å². The van der Waals surface area contributed by atoms with Crippen molar-refractivity contribution in [3.63, 3.8) is 0 Å². The number of anilines is 1. The van der Waals surface area contributed by atoms with Gasteiger partial charge in [0, 0.05) is 10.9 Å². The van der Waals surface area contributed by atoms with Crippen LogP contribution in [0.25, 0.3) is 11.3 Å². The Kier molecular flexibility index (Phi) is 5.95. The molecule has 1 heterocycles. The molecule has 0 radical (unpaired) electrons. The van der Waals surface area contributed by atoms with Gasteiger partial charge in [0.25, 0.3) is 5.91 Å². The van der Waals surface area contributed by atoms with E-state index in [9.17, 15) is 9.59 Å². The number of hydrogen-bond donors (Lipinski definition) is 2. The van der Waals surface area contributed by atoms with Crippen molar-refractivity contribution in [2.24, 2.45) is 0 Å². The van der Waals surface area contributed by atoms with Crippen molar-refractivity contribution >= 4 is 28.3 Å². The van der Waals surface area contributed by atoms with Gasteiger partial charge in [-0.2, -0.15) is 0 Å². The Morgan fingerprint density at radius 1 is 1.15 bits per heavy atom. The van der Waals surface area contributed by atoms with Crippen LogP contribution in [0.2, 0.25) is 0 Å². The predicted octanol–water partition coefficient (Wildman–Crippen LogP) is 3.49. The number of rotatable bonds is 6. The van der Waals surface area contributed by atoms with Gasteiger partial charge < -0.3 is 9.84 Å². The first kappa shape index (κ1) is 18.8. The molecule has 138 valence electrons. The van der Waals surface area contributed by atoms with E-state index >= 15 is 0 Å². The summed E-state index contributed by atoms with van der Waals surface area (Å²) in [6.07, 6.45) is -0.973. The third kappa shape index (κ3) is 4.78. The minimum atomic E-state index is -0.973. The summed E-state index contributed by atoms with van der Waals surface area (Å²) in [4.78, 5) is 28.8. The first-order valence-corrected chi connectivity index (χ1v) is 9.17. The zero-order chi connectivity index (χ0) is 19.2. The number of amides is 1. The predicted molar refractivity (Wildman–Crippen MR) is 103 cm³/mol. The van der Waals surface area contributed by atoms with Gasteiger partial charge >= 0.3 is 5.97 Å². The summed E-state index contributed by atoms with van der Waals surface area (Å²) in [5.74, 6) is -1.06. The average molecular weight is 382 g/mol. The van der Waals surface area contributed by atoms with E-state index in [1.807, 2.05) is 35.7 Å². The van der Waals surface area contributed by atoms with Gasteiger partial charge in [-0.15, -0.1) is 11.3 Å². The number of aliphatic hydroxyl groups excluding tert-OH is 1. The van der Waals surface area contributed by atoms with Gasteiger partial charge in [-0.1, -0.05) is 42.5 Å². The molecule has 0 unspecified atom stereocenters. The molecule has 27 heavy (non-hydrogen) atoms. The number of carbonyl (C=O) groups is 2. The molecule has 0 spiro atoms. The number of benzene rings is 2. The summed E-state index contributed by atoms with van der Waals surface area (Å²) in [5.41, 5.74) is 2.73. The maximum Gasteiger partial charge on any atom is 0.338 e. The monoisotopic (exact) mass is 382 g/mol. The molecule has 1 aromatic heterocycles. The van der Waals surface area contributed by atoms with Crippen molar-refractivity contribution in [3.05, 3.63) is 71.1 Å². The van der Waals surface area contributed by atoms with Gasteiger partial charge in [0.1, 0.15) is 0 Å². The van der Waals surface area contributed by atoms with Gasteiger partial charge in [0.15, 0.2) is 11.2 Å². The fraction of sp³-hybridized carbons (Fsp3) is 0.150. The fourth-order valence-electron chi connectivity index (χ4n) is 2.31. The van der Waals surface area contributed by atoms with Crippen LogP contribution in [0.15, 0.2) is 60.0 Å². The molecular weight excluding hydrogens is 364 g/mol. The van der Waals surface area contributed by atoms with E-state index in [1.54, 1.807) is 24.3 Å². The smallest absolute Gasteiger partial charge is 0.338 e. The largest absolute Gasteiger partial charge is 0.449 e. The quantitative estimate of drug-likeness (QED) is 0.637. The van der Waals surface area contributed by atoms with Crippen LogP contribution in [0.5, 0.6) is 0 Å².